The molecule has 1 heterocycles. The van der Waals surface area contributed by atoms with E-state index >= 15 is 0 Å². The minimum Gasteiger partial charge on any atom is -0.308 e. The molecule has 0 aromatic heterocycles. The molecular formula is C20H21N3O3. The maximum atomic E-state index is 12.4. The molecule has 2 aromatic carbocycles. The molecule has 2 N–H and O–H groups in total. The number of anilines is 2. The van der Waals surface area contributed by atoms with Crippen molar-refractivity contribution >= 4 is 29.2 Å². The van der Waals surface area contributed by atoms with Crippen molar-refractivity contribution in [2.24, 2.45) is 0 Å². The van der Waals surface area contributed by atoms with Gasteiger partial charge in [0, 0.05) is 17.4 Å². The fourth-order valence-corrected chi connectivity index (χ4v) is 3.04. The summed E-state index contributed by atoms with van der Waals surface area (Å²) in [5.41, 5.74) is 3.92. The molecule has 6 heteroatoms. The number of benzene rings is 2. The highest BCUT2D eigenvalue weighted by atomic mass is 16.2. The number of urea groups is 1. The van der Waals surface area contributed by atoms with E-state index in [-0.39, 0.29) is 17.9 Å². The molecule has 26 heavy (non-hydrogen) atoms. The van der Waals surface area contributed by atoms with Crippen LogP contribution in [0.4, 0.5) is 16.2 Å². The quantitative estimate of drug-likeness (QED) is 0.822. The van der Waals surface area contributed by atoms with Crippen LogP contribution in [-0.2, 0) is 0 Å². The van der Waals surface area contributed by atoms with Crippen molar-refractivity contribution in [1.82, 2.24) is 4.90 Å². The smallest absolute Gasteiger partial charge is 0.308 e. The Balaban J connectivity index is 1.77. The maximum Gasteiger partial charge on any atom is 0.323 e. The third-order valence-corrected chi connectivity index (χ3v) is 4.32. The molecule has 0 aliphatic carbocycles. The molecule has 0 atom stereocenters. The SMILES string of the molecule is Cc1ccc(NC(=O)Nc2ccc3c(c2)C(=O)N(C(C)C)C3=O)c(C)c1. The molecule has 0 spiro atoms. The molecule has 0 unspecified atom stereocenters. The third kappa shape index (κ3) is 3.18. The lowest BCUT2D eigenvalue weighted by atomic mass is 10.1. The summed E-state index contributed by atoms with van der Waals surface area (Å²) in [6.07, 6.45) is 0. The Bertz CT molecular complexity index is 919. The summed E-state index contributed by atoms with van der Waals surface area (Å²) in [6.45, 7) is 7.49. The summed E-state index contributed by atoms with van der Waals surface area (Å²) in [4.78, 5) is 38.2. The molecule has 1 aliphatic heterocycles. The van der Waals surface area contributed by atoms with E-state index in [1.165, 1.54) is 4.90 Å². The zero-order chi connectivity index (χ0) is 19.0. The number of hydrogen-bond acceptors (Lipinski definition) is 3. The molecule has 1 aliphatic rings. The van der Waals surface area contributed by atoms with Crippen LogP contribution in [0.2, 0.25) is 0 Å². The second-order valence-corrected chi connectivity index (χ2v) is 6.73. The van der Waals surface area contributed by atoms with Crippen molar-refractivity contribution in [3.8, 4) is 0 Å². The number of nitrogens with zero attached hydrogens (tertiary/aromatic N) is 1. The molecule has 6 nitrogen and oxygen atoms in total. The van der Waals surface area contributed by atoms with Gasteiger partial charge in [0.15, 0.2) is 0 Å². The number of carbonyl (C=O) groups excluding carboxylic acids is 3. The number of hydrogen-bond donors (Lipinski definition) is 2. The lowest BCUT2D eigenvalue weighted by Crippen LogP contribution is -2.35. The maximum absolute atomic E-state index is 12.4. The zero-order valence-corrected chi connectivity index (χ0v) is 15.2. The van der Waals surface area contributed by atoms with Crippen molar-refractivity contribution in [3.63, 3.8) is 0 Å². The summed E-state index contributed by atoms with van der Waals surface area (Å²) in [6, 6.07) is 9.86. The van der Waals surface area contributed by atoms with Gasteiger partial charge in [-0.05, 0) is 57.5 Å². The van der Waals surface area contributed by atoms with Crippen LogP contribution in [0.1, 0.15) is 45.7 Å². The Kier molecular flexibility index (Phi) is 4.50. The molecule has 0 fully saturated rings. The lowest BCUT2D eigenvalue weighted by molar-refractivity contribution is 0.0609. The molecule has 134 valence electrons. The number of carbonyl (C=O) groups is 3. The monoisotopic (exact) mass is 351 g/mol. The molecular weight excluding hydrogens is 330 g/mol. The Morgan fingerprint density at radius 2 is 1.62 bits per heavy atom. The van der Waals surface area contributed by atoms with Gasteiger partial charge in [-0.25, -0.2) is 4.79 Å². The standard InChI is InChI=1S/C20H21N3O3/c1-11(2)23-18(24)15-7-6-14(10-16(15)19(23)25)21-20(26)22-17-8-5-12(3)9-13(17)4/h5-11H,1-4H3,(H2,21,22,26). The van der Waals surface area contributed by atoms with E-state index < -0.39 is 6.03 Å². The first-order valence-electron chi connectivity index (χ1n) is 8.45. The summed E-state index contributed by atoms with van der Waals surface area (Å²) in [5.74, 6) is -0.635. The summed E-state index contributed by atoms with van der Waals surface area (Å²) in [7, 11) is 0. The summed E-state index contributed by atoms with van der Waals surface area (Å²) in [5, 5.41) is 5.50. The Morgan fingerprint density at radius 3 is 2.27 bits per heavy atom. The Labute approximate surface area is 152 Å². The van der Waals surface area contributed by atoms with Gasteiger partial charge in [0.2, 0.25) is 0 Å². The summed E-state index contributed by atoms with van der Waals surface area (Å²) < 4.78 is 0. The normalized spacial score (nSPS) is 13.2. The highest BCUT2D eigenvalue weighted by Gasteiger charge is 2.37. The molecule has 0 saturated carbocycles. The van der Waals surface area contributed by atoms with Crippen LogP contribution in [0, 0.1) is 13.8 Å². The van der Waals surface area contributed by atoms with Gasteiger partial charge in [-0.3, -0.25) is 14.5 Å². The van der Waals surface area contributed by atoms with Gasteiger partial charge < -0.3 is 10.6 Å². The number of aryl methyl sites for hydroxylation is 2. The van der Waals surface area contributed by atoms with Crippen molar-refractivity contribution in [3.05, 3.63) is 58.7 Å². The topological polar surface area (TPSA) is 78.5 Å². The fraction of sp³-hybridized carbons (Fsp3) is 0.250. The lowest BCUT2D eigenvalue weighted by Gasteiger charge is -2.17. The predicted molar refractivity (Wildman–Crippen MR) is 101 cm³/mol. The Hall–Kier alpha value is -3.15. The van der Waals surface area contributed by atoms with Crippen LogP contribution in [0.3, 0.4) is 0 Å². The second-order valence-electron chi connectivity index (χ2n) is 6.73. The van der Waals surface area contributed by atoms with Crippen LogP contribution in [-0.4, -0.2) is 28.8 Å². The van der Waals surface area contributed by atoms with Gasteiger partial charge >= 0.3 is 6.03 Å². The minimum absolute atomic E-state index is 0.216. The average Bonchev–Trinajstić information content (AvgIpc) is 2.81. The molecule has 0 radical (unpaired) electrons. The second kappa shape index (κ2) is 6.63. The van der Waals surface area contributed by atoms with E-state index in [2.05, 4.69) is 10.6 Å². The Morgan fingerprint density at radius 1 is 0.923 bits per heavy atom. The van der Waals surface area contributed by atoms with Crippen molar-refractivity contribution in [2.45, 2.75) is 33.7 Å². The predicted octanol–water partition coefficient (Wildman–Crippen LogP) is 3.95. The number of nitrogens with one attached hydrogen (secondary N) is 2. The molecule has 0 bridgehead atoms. The van der Waals surface area contributed by atoms with Crippen LogP contribution in [0.5, 0.6) is 0 Å². The molecule has 4 amide bonds. The average molecular weight is 351 g/mol. The van der Waals surface area contributed by atoms with Gasteiger partial charge in [0.1, 0.15) is 0 Å². The number of amides is 4. The zero-order valence-electron chi connectivity index (χ0n) is 15.2. The van der Waals surface area contributed by atoms with E-state index in [1.807, 2.05) is 32.0 Å². The van der Waals surface area contributed by atoms with Crippen molar-refractivity contribution in [2.75, 3.05) is 10.6 Å². The number of imide groups is 1. The first kappa shape index (κ1) is 17.7. The van der Waals surface area contributed by atoms with Crippen LogP contribution in [0.25, 0.3) is 0 Å². The highest BCUT2D eigenvalue weighted by Crippen LogP contribution is 2.27. The van der Waals surface area contributed by atoms with Gasteiger partial charge in [-0.2, -0.15) is 0 Å². The van der Waals surface area contributed by atoms with Crippen LogP contribution in [0.15, 0.2) is 36.4 Å². The number of fused-ring (bicyclic) bond motifs is 1. The molecule has 0 saturated heterocycles. The minimum atomic E-state index is -0.408. The fourth-order valence-electron chi connectivity index (χ4n) is 3.04. The first-order chi connectivity index (χ1) is 12.3. The molecule has 2 aromatic rings. The van der Waals surface area contributed by atoms with E-state index in [0.29, 0.717) is 22.5 Å². The van der Waals surface area contributed by atoms with Crippen LogP contribution < -0.4 is 10.6 Å². The largest absolute Gasteiger partial charge is 0.323 e. The first-order valence-corrected chi connectivity index (χ1v) is 8.45. The van der Waals surface area contributed by atoms with E-state index in [1.54, 1.807) is 32.0 Å². The van der Waals surface area contributed by atoms with Crippen LogP contribution >= 0.6 is 0 Å². The highest BCUT2D eigenvalue weighted by molar-refractivity contribution is 6.22. The molecule has 3 rings (SSSR count). The van der Waals surface area contributed by atoms with Gasteiger partial charge in [0.05, 0.1) is 11.1 Å². The van der Waals surface area contributed by atoms with E-state index in [9.17, 15) is 14.4 Å². The van der Waals surface area contributed by atoms with Crippen molar-refractivity contribution in [1.29, 1.82) is 0 Å². The van der Waals surface area contributed by atoms with E-state index in [0.717, 1.165) is 11.1 Å². The summed E-state index contributed by atoms with van der Waals surface area (Å²) >= 11 is 0. The van der Waals surface area contributed by atoms with Gasteiger partial charge in [0.25, 0.3) is 11.8 Å². The van der Waals surface area contributed by atoms with Crippen molar-refractivity contribution < 1.29 is 14.4 Å². The third-order valence-electron chi connectivity index (χ3n) is 4.32. The van der Waals surface area contributed by atoms with E-state index in [4.69, 9.17) is 0 Å². The number of rotatable bonds is 3. The van der Waals surface area contributed by atoms with Gasteiger partial charge in [-0.15, -0.1) is 0 Å². The van der Waals surface area contributed by atoms with Gasteiger partial charge in [-0.1, -0.05) is 17.7 Å².